The molecule has 4 aromatic rings. The maximum atomic E-state index is 11.5. The van der Waals surface area contributed by atoms with Gasteiger partial charge in [-0.25, -0.2) is 0 Å². The highest BCUT2D eigenvalue weighted by atomic mass is 16.3. The van der Waals surface area contributed by atoms with Gasteiger partial charge in [-0.1, -0.05) is 29.8 Å². The average molecular weight is 386 g/mol. The van der Waals surface area contributed by atoms with Crippen LogP contribution in [0.4, 0.5) is 0 Å². The minimum atomic E-state index is -1.01. The number of aromatic nitrogens is 2. The Morgan fingerprint density at radius 1 is 1.14 bits per heavy atom. The zero-order valence-electron chi connectivity index (χ0n) is 17.3. The van der Waals surface area contributed by atoms with Crippen molar-refractivity contribution in [3.05, 3.63) is 77.1 Å². The molecule has 3 heterocycles. The molecule has 2 aromatic carbocycles. The van der Waals surface area contributed by atoms with Crippen LogP contribution in [0.5, 0.6) is 0 Å². The summed E-state index contributed by atoms with van der Waals surface area (Å²) in [5.74, 6) is 0. The summed E-state index contributed by atoms with van der Waals surface area (Å²) in [6.07, 6.45) is 2.82. The number of benzene rings is 2. The van der Waals surface area contributed by atoms with E-state index in [0.29, 0.717) is 6.54 Å². The van der Waals surface area contributed by atoms with Crippen molar-refractivity contribution in [1.29, 1.82) is 0 Å². The van der Waals surface area contributed by atoms with Crippen LogP contribution < -0.4 is 0 Å². The van der Waals surface area contributed by atoms with Crippen LogP contribution in [-0.2, 0) is 25.1 Å². The van der Waals surface area contributed by atoms with Crippen molar-refractivity contribution in [1.82, 2.24) is 14.5 Å². The third kappa shape index (κ3) is 3.13. The number of hydrogen-bond acceptors (Lipinski definition) is 3. The summed E-state index contributed by atoms with van der Waals surface area (Å²) in [4.78, 5) is 6.95. The standard InChI is InChI=1S/C25H27N3O/c1-17-8-9-23-20(12-17)21-15-27(3)11-10-24(21)28(23)16-25(2,29)19-13-18-6-4-5-7-22(18)26-14-19/h4-9,12-14,29H,10-11,15-16H2,1-3H3. The van der Waals surface area contributed by atoms with E-state index in [4.69, 9.17) is 0 Å². The summed E-state index contributed by atoms with van der Waals surface area (Å²) in [5.41, 5.74) is 6.05. The van der Waals surface area contributed by atoms with Crippen LogP contribution in [-0.4, -0.2) is 33.1 Å². The molecule has 1 unspecified atom stereocenters. The second kappa shape index (κ2) is 6.68. The topological polar surface area (TPSA) is 41.3 Å². The molecule has 0 amide bonds. The van der Waals surface area contributed by atoms with Gasteiger partial charge >= 0.3 is 0 Å². The Hall–Kier alpha value is -2.69. The molecule has 0 saturated heterocycles. The van der Waals surface area contributed by atoms with Crippen LogP contribution in [0.15, 0.2) is 54.7 Å². The van der Waals surface area contributed by atoms with E-state index in [0.717, 1.165) is 36.0 Å². The first-order valence-electron chi connectivity index (χ1n) is 10.3. The molecule has 0 spiro atoms. The van der Waals surface area contributed by atoms with Gasteiger partial charge in [-0.3, -0.25) is 4.98 Å². The summed E-state index contributed by atoms with van der Waals surface area (Å²) in [6, 6.07) is 16.8. The fourth-order valence-corrected chi connectivity index (χ4v) is 4.64. The lowest BCUT2D eigenvalue weighted by Crippen LogP contribution is -2.31. The van der Waals surface area contributed by atoms with E-state index < -0.39 is 5.60 Å². The van der Waals surface area contributed by atoms with Crippen LogP contribution in [0.2, 0.25) is 0 Å². The molecule has 5 rings (SSSR count). The highest BCUT2D eigenvalue weighted by molar-refractivity contribution is 5.86. The van der Waals surface area contributed by atoms with Crippen LogP contribution in [0, 0.1) is 6.92 Å². The van der Waals surface area contributed by atoms with Gasteiger partial charge in [0, 0.05) is 53.3 Å². The second-order valence-corrected chi connectivity index (χ2v) is 8.71. The highest BCUT2D eigenvalue weighted by Crippen LogP contribution is 2.34. The van der Waals surface area contributed by atoms with Crippen molar-refractivity contribution < 1.29 is 5.11 Å². The Morgan fingerprint density at radius 2 is 1.97 bits per heavy atom. The Bertz CT molecular complexity index is 1220. The number of likely N-dealkylation sites (N-methyl/N-ethyl adjacent to an activating group) is 1. The zero-order chi connectivity index (χ0) is 20.2. The number of aryl methyl sites for hydroxylation is 1. The van der Waals surface area contributed by atoms with E-state index >= 15 is 0 Å². The molecule has 1 aliphatic rings. The largest absolute Gasteiger partial charge is 0.384 e. The van der Waals surface area contributed by atoms with E-state index in [1.807, 2.05) is 37.4 Å². The van der Waals surface area contributed by atoms with Gasteiger partial charge in [0.15, 0.2) is 0 Å². The van der Waals surface area contributed by atoms with Gasteiger partial charge in [0.25, 0.3) is 0 Å². The lowest BCUT2D eigenvalue weighted by molar-refractivity contribution is 0.0383. The van der Waals surface area contributed by atoms with E-state index in [2.05, 4.69) is 52.7 Å². The quantitative estimate of drug-likeness (QED) is 0.569. The van der Waals surface area contributed by atoms with Crippen molar-refractivity contribution >= 4 is 21.8 Å². The van der Waals surface area contributed by atoms with E-state index in [9.17, 15) is 5.11 Å². The second-order valence-electron chi connectivity index (χ2n) is 8.71. The molecule has 1 aliphatic heterocycles. The molecule has 0 radical (unpaired) electrons. The predicted molar refractivity (Wildman–Crippen MR) is 118 cm³/mol. The Balaban J connectivity index is 1.62. The van der Waals surface area contributed by atoms with E-state index in [-0.39, 0.29) is 0 Å². The number of hydrogen-bond donors (Lipinski definition) is 1. The van der Waals surface area contributed by atoms with Crippen molar-refractivity contribution in [2.75, 3.05) is 13.6 Å². The molecular formula is C25H27N3O. The normalized spacial score (nSPS) is 16.8. The molecule has 0 aliphatic carbocycles. The monoisotopic (exact) mass is 385 g/mol. The summed E-state index contributed by atoms with van der Waals surface area (Å²) in [7, 11) is 2.18. The molecule has 148 valence electrons. The van der Waals surface area contributed by atoms with Gasteiger partial charge in [0.05, 0.1) is 12.1 Å². The first-order valence-corrected chi connectivity index (χ1v) is 10.3. The molecule has 1 atom stereocenters. The number of nitrogens with zero attached hydrogens (tertiary/aromatic N) is 3. The minimum absolute atomic E-state index is 0.519. The number of pyridine rings is 1. The number of para-hydroxylation sites is 1. The molecular weight excluding hydrogens is 358 g/mol. The Kier molecular flexibility index (Phi) is 4.23. The highest BCUT2D eigenvalue weighted by Gasteiger charge is 2.29. The smallest absolute Gasteiger partial charge is 0.106 e. The summed E-state index contributed by atoms with van der Waals surface area (Å²) >= 11 is 0. The number of aliphatic hydroxyl groups is 1. The van der Waals surface area contributed by atoms with Crippen molar-refractivity contribution in [2.24, 2.45) is 0 Å². The SMILES string of the molecule is Cc1ccc2c(c1)c1c(n2CC(C)(O)c2cnc3ccccc3c2)CCN(C)C1. The molecule has 0 bridgehead atoms. The molecule has 4 heteroatoms. The van der Waals surface area contributed by atoms with Gasteiger partial charge in [-0.2, -0.15) is 0 Å². The fourth-order valence-electron chi connectivity index (χ4n) is 4.64. The van der Waals surface area contributed by atoms with Crippen LogP contribution in [0.1, 0.15) is 29.3 Å². The zero-order valence-corrected chi connectivity index (χ0v) is 17.3. The van der Waals surface area contributed by atoms with Gasteiger partial charge in [0.2, 0.25) is 0 Å². The first kappa shape index (κ1) is 18.3. The number of fused-ring (bicyclic) bond motifs is 4. The molecule has 4 nitrogen and oxygen atoms in total. The van der Waals surface area contributed by atoms with Gasteiger partial charge < -0.3 is 14.6 Å². The lowest BCUT2D eigenvalue weighted by atomic mass is 9.96. The maximum Gasteiger partial charge on any atom is 0.106 e. The third-order valence-electron chi connectivity index (χ3n) is 6.28. The molecule has 0 saturated carbocycles. The number of rotatable bonds is 3. The molecule has 2 aromatic heterocycles. The van der Waals surface area contributed by atoms with Crippen molar-refractivity contribution in [3.63, 3.8) is 0 Å². The molecule has 29 heavy (non-hydrogen) atoms. The summed E-state index contributed by atoms with van der Waals surface area (Å²) in [6.45, 7) is 6.57. The Morgan fingerprint density at radius 3 is 2.83 bits per heavy atom. The van der Waals surface area contributed by atoms with Crippen molar-refractivity contribution in [3.8, 4) is 0 Å². The van der Waals surface area contributed by atoms with Crippen LogP contribution >= 0.6 is 0 Å². The van der Waals surface area contributed by atoms with Gasteiger partial charge in [-0.05, 0) is 50.7 Å². The average Bonchev–Trinajstić information content (AvgIpc) is 2.99. The molecule has 1 N–H and O–H groups in total. The third-order valence-corrected chi connectivity index (χ3v) is 6.28. The summed E-state index contributed by atoms with van der Waals surface area (Å²) < 4.78 is 2.34. The van der Waals surface area contributed by atoms with Gasteiger partial charge in [0.1, 0.15) is 5.60 Å². The molecule has 0 fully saturated rings. The summed E-state index contributed by atoms with van der Waals surface area (Å²) in [5, 5.41) is 13.9. The van der Waals surface area contributed by atoms with Gasteiger partial charge in [-0.15, -0.1) is 0 Å². The Labute approximate surface area is 171 Å². The van der Waals surface area contributed by atoms with E-state index in [1.165, 1.54) is 27.7 Å². The predicted octanol–water partition coefficient (Wildman–Crippen LogP) is 4.39. The first-order chi connectivity index (χ1) is 13.9. The lowest BCUT2D eigenvalue weighted by Gasteiger charge is -2.29. The van der Waals surface area contributed by atoms with Crippen molar-refractivity contribution in [2.45, 2.75) is 39.0 Å². The van der Waals surface area contributed by atoms with Crippen LogP contribution in [0.3, 0.4) is 0 Å². The maximum absolute atomic E-state index is 11.5. The van der Waals surface area contributed by atoms with E-state index in [1.54, 1.807) is 0 Å². The van der Waals surface area contributed by atoms with Crippen LogP contribution in [0.25, 0.3) is 21.8 Å². The fraction of sp³-hybridized carbons (Fsp3) is 0.320. The minimum Gasteiger partial charge on any atom is -0.384 e.